The molecule has 10 atom stereocenters. The summed E-state index contributed by atoms with van der Waals surface area (Å²) in [5.41, 5.74) is 1.22. The van der Waals surface area contributed by atoms with Gasteiger partial charge in [-0.15, -0.1) is 0 Å². The number of ether oxygens (including phenoxy) is 2. The molecule has 0 unspecified atom stereocenters. The number of ketones is 2. The van der Waals surface area contributed by atoms with Crippen LogP contribution in [0.3, 0.4) is 0 Å². The predicted molar refractivity (Wildman–Crippen MR) is 205 cm³/mol. The van der Waals surface area contributed by atoms with E-state index in [4.69, 9.17) is 9.47 Å². The quantitative estimate of drug-likeness (QED) is 0.141. The van der Waals surface area contributed by atoms with E-state index in [9.17, 15) is 19.2 Å². The zero-order valence-electron chi connectivity index (χ0n) is 34.1. The summed E-state index contributed by atoms with van der Waals surface area (Å²) in [6.07, 6.45) is 2.11. The van der Waals surface area contributed by atoms with Gasteiger partial charge in [0.25, 0.3) is 0 Å². The van der Waals surface area contributed by atoms with Crippen LogP contribution < -0.4 is 5.32 Å². The molecule has 0 aromatic heterocycles. The van der Waals surface area contributed by atoms with Crippen molar-refractivity contribution in [3.05, 3.63) is 35.9 Å². The lowest BCUT2D eigenvalue weighted by Crippen LogP contribution is -2.54. The van der Waals surface area contributed by atoms with Crippen LogP contribution in [0.1, 0.15) is 112 Å². The van der Waals surface area contributed by atoms with E-state index < -0.39 is 18.1 Å². The number of likely N-dealkylation sites (tertiary alicyclic amines) is 1. The Morgan fingerprint density at radius 1 is 0.863 bits per heavy atom. The molecule has 0 spiro atoms. The fourth-order valence-electron chi connectivity index (χ4n) is 8.18. The third-order valence-electron chi connectivity index (χ3n) is 11.9. The molecule has 290 valence electrons. The molecule has 1 fully saturated rings. The number of nitrogens with one attached hydrogen (secondary N) is 1. The summed E-state index contributed by atoms with van der Waals surface area (Å²) in [5.74, 6) is -0.322. The summed E-state index contributed by atoms with van der Waals surface area (Å²) in [4.78, 5) is 59.0. The Bertz CT molecular complexity index is 1240. The Balaban J connectivity index is 2.24. The summed E-state index contributed by atoms with van der Waals surface area (Å²) in [6, 6.07) is 9.38. The molecule has 2 amide bonds. The fraction of sp³-hybridized carbons (Fsp3) is 0.762. The van der Waals surface area contributed by atoms with Crippen LogP contribution in [0.5, 0.6) is 0 Å². The Morgan fingerprint density at radius 2 is 1.49 bits per heavy atom. The molecule has 1 aliphatic heterocycles. The van der Waals surface area contributed by atoms with Crippen LogP contribution in [0.2, 0.25) is 0 Å². The van der Waals surface area contributed by atoms with E-state index in [1.807, 2.05) is 57.7 Å². The van der Waals surface area contributed by atoms with Crippen LogP contribution in [0, 0.1) is 35.5 Å². The molecule has 1 aromatic carbocycles. The van der Waals surface area contributed by atoms with Crippen LogP contribution >= 0.6 is 0 Å². The Morgan fingerprint density at radius 3 is 2.00 bits per heavy atom. The Hall–Kier alpha value is -2.62. The lowest BCUT2D eigenvalue weighted by Gasteiger charge is -2.41. The topological polar surface area (TPSA) is 105 Å². The molecule has 1 heterocycles. The molecule has 1 N–H and O–H groups in total. The van der Waals surface area contributed by atoms with Crippen LogP contribution in [0.4, 0.5) is 0 Å². The van der Waals surface area contributed by atoms with Crippen molar-refractivity contribution in [3.63, 3.8) is 0 Å². The molecule has 1 aliphatic rings. The van der Waals surface area contributed by atoms with E-state index in [1.54, 1.807) is 33.2 Å². The van der Waals surface area contributed by atoms with E-state index in [0.29, 0.717) is 13.0 Å². The summed E-state index contributed by atoms with van der Waals surface area (Å²) in [7, 11) is 6.82. The molecule has 1 aromatic rings. The molecule has 0 bridgehead atoms. The molecule has 2 rings (SSSR count). The number of hydrogen-bond acceptors (Lipinski definition) is 7. The number of amides is 2. The van der Waals surface area contributed by atoms with Gasteiger partial charge < -0.3 is 24.6 Å². The third kappa shape index (κ3) is 11.7. The van der Waals surface area contributed by atoms with Crippen molar-refractivity contribution in [2.45, 2.75) is 137 Å². The van der Waals surface area contributed by atoms with Gasteiger partial charge in [-0.1, -0.05) is 99.1 Å². The van der Waals surface area contributed by atoms with Crippen molar-refractivity contribution >= 4 is 23.4 Å². The highest BCUT2D eigenvalue weighted by molar-refractivity contribution is 5.90. The van der Waals surface area contributed by atoms with Gasteiger partial charge in [-0.2, -0.15) is 0 Å². The van der Waals surface area contributed by atoms with E-state index in [1.165, 1.54) is 5.56 Å². The maximum Gasteiger partial charge on any atom is 0.226 e. The second-order valence-corrected chi connectivity index (χ2v) is 16.0. The van der Waals surface area contributed by atoms with Crippen LogP contribution in [0.25, 0.3) is 0 Å². The van der Waals surface area contributed by atoms with E-state index in [0.717, 1.165) is 19.3 Å². The number of rotatable bonds is 22. The maximum absolute atomic E-state index is 14.2. The monoisotopic (exact) mass is 714 g/mol. The minimum absolute atomic E-state index is 0.0344. The average Bonchev–Trinajstić information content (AvgIpc) is 3.59. The van der Waals surface area contributed by atoms with Crippen LogP contribution in [0.15, 0.2) is 30.3 Å². The van der Waals surface area contributed by atoms with Crippen molar-refractivity contribution in [2.24, 2.45) is 35.5 Å². The minimum atomic E-state index is -0.549. The molecule has 9 heteroatoms. The van der Waals surface area contributed by atoms with Crippen molar-refractivity contribution in [1.82, 2.24) is 15.1 Å². The first kappa shape index (κ1) is 44.5. The molecule has 0 aliphatic carbocycles. The summed E-state index contributed by atoms with van der Waals surface area (Å²) in [6.45, 7) is 19.0. The molecular weight excluding hydrogens is 642 g/mol. The lowest BCUT2D eigenvalue weighted by molar-refractivity contribution is -0.149. The van der Waals surface area contributed by atoms with Gasteiger partial charge in [0.1, 0.15) is 5.78 Å². The smallest absolute Gasteiger partial charge is 0.226 e. The number of hydrogen-bond donors (Lipinski definition) is 1. The first-order valence-corrected chi connectivity index (χ1v) is 19.4. The number of nitrogens with zero attached hydrogens (tertiary/aromatic N) is 2. The van der Waals surface area contributed by atoms with Crippen molar-refractivity contribution in [1.29, 1.82) is 0 Å². The van der Waals surface area contributed by atoms with E-state index in [-0.39, 0.29) is 89.9 Å². The molecule has 0 saturated carbocycles. The van der Waals surface area contributed by atoms with Crippen molar-refractivity contribution < 1.29 is 28.7 Å². The van der Waals surface area contributed by atoms with Gasteiger partial charge >= 0.3 is 0 Å². The first-order valence-electron chi connectivity index (χ1n) is 19.4. The maximum atomic E-state index is 14.2. The normalized spacial score (nSPS) is 20.3. The number of benzene rings is 1. The van der Waals surface area contributed by atoms with Gasteiger partial charge in [-0.25, -0.2) is 0 Å². The highest BCUT2D eigenvalue weighted by Gasteiger charge is 2.43. The molecule has 51 heavy (non-hydrogen) atoms. The second kappa shape index (κ2) is 21.2. The van der Waals surface area contributed by atoms with Crippen LogP contribution in [-0.4, -0.2) is 98.4 Å². The highest BCUT2D eigenvalue weighted by Crippen LogP contribution is 2.33. The number of carbonyl (C=O) groups is 4. The Labute approximate surface area is 310 Å². The summed E-state index contributed by atoms with van der Waals surface area (Å²) in [5, 5.41) is 3.12. The van der Waals surface area contributed by atoms with Crippen molar-refractivity contribution in [3.8, 4) is 0 Å². The van der Waals surface area contributed by atoms with Gasteiger partial charge in [0.05, 0.1) is 36.8 Å². The zero-order valence-corrected chi connectivity index (χ0v) is 34.1. The van der Waals surface area contributed by atoms with E-state index in [2.05, 4.69) is 45.1 Å². The SMILES string of the molecule is CC[C@H](C)[C@@H]([C@@H](CC(=O)N1CCC[C@H]1[C@H](OC)[C@@H](C)C(=O)C[C@H](C)[C@@H](C)c1ccccc1)OC)N(C)C(=O)[C@@H](CC(=O)[C@@H](NC)C(C)C)C(C)C. The van der Waals surface area contributed by atoms with Gasteiger partial charge in [0, 0.05) is 52.5 Å². The number of methoxy groups -OCH3 is 2. The second-order valence-electron chi connectivity index (χ2n) is 16.0. The molecule has 9 nitrogen and oxygen atoms in total. The minimum Gasteiger partial charge on any atom is -0.379 e. The van der Waals surface area contributed by atoms with Crippen molar-refractivity contribution in [2.75, 3.05) is 34.9 Å². The average molecular weight is 714 g/mol. The number of Topliss-reactive ketones (excluding diaryl/α,β-unsaturated/α-hetero) is 2. The number of likely N-dealkylation sites (N-methyl/N-ethyl adjacent to an activating group) is 2. The lowest BCUT2D eigenvalue weighted by atomic mass is 9.81. The molecule has 0 radical (unpaired) electrons. The molecular formula is C42H71N3O6. The Kier molecular flexibility index (Phi) is 18.5. The standard InChI is InChI=1S/C42H71N3O6/c1-14-28(6)40(44(11)42(49)33(26(2)3)24-36(47)39(43-10)27(4)5)37(50-12)25-38(48)45-22-18-21-34(45)41(51-13)31(9)35(46)23-29(7)30(8)32-19-16-15-17-20-32/h15-17,19-20,26-31,33-34,37,39-41,43H,14,18,21-25H2,1-13H3/t28-,29-,30+,31-,33-,34-,37+,39-,40-,41+/m0/s1. The first-order chi connectivity index (χ1) is 24.0. The summed E-state index contributed by atoms with van der Waals surface area (Å²) < 4.78 is 12.1. The van der Waals surface area contributed by atoms with Gasteiger partial charge in [-0.3, -0.25) is 19.2 Å². The molecule has 1 saturated heterocycles. The predicted octanol–water partition coefficient (Wildman–Crippen LogP) is 6.78. The fourth-order valence-corrected chi connectivity index (χ4v) is 8.18. The van der Waals surface area contributed by atoms with Gasteiger partial charge in [-0.05, 0) is 55.0 Å². The summed E-state index contributed by atoms with van der Waals surface area (Å²) >= 11 is 0. The highest BCUT2D eigenvalue weighted by atomic mass is 16.5. The zero-order chi connectivity index (χ0) is 38.6. The third-order valence-corrected chi connectivity index (χ3v) is 11.9. The van der Waals surface area contributed by atoms with Gasteiger partial charge in [0.2, 0.25) is 11.8 Å². The number of carbonyl (C=O) groups excluding carboxylic acids is 4. The van der Waals surface area contributed by atoms with E-state index >= 15 is 0 Å². The van der Waals surface area contributed by atoms with Crippen LogP contribution in [-0.2, 0) is 28.7 Å². The largest absolute Gasteiger partial charge is 0.379 e. The van der Waals surface area contributed by atoms with Gasteiger partial charge in [0.15, 0.2) is 5.78 Å².